The molecule has 0 heterocycles. The van der Waals surface area contributed by atoms with Crippen molar-refractivity contribution < 1.29 is 4.79 Å². The summed E-state index contributed by atoms with van der Waals surface area (Å²) in [6.45, 7) is 0.956. The lowest BCUT2D eigenvalue weighted by Gasteiger charge is -2.15. The highest BCUT2D eigenvalue weighted by atomic mass is 79.9. The van der Waals surface area contributed by atoms with Crippen molar-refractivity contribution in [2.75, 3.05) is 13.1 Å². The van der Waals surface area contributed by atoms with Crippen LogP contribution in [0.1, 0.15) is 18.0 Å². The Morgan fingerprint density at radius 3 is 2.72 bits per heavy atom. The van der Waals surface area contributed by atoms with Gasteiger partial charge in [0.2, 0.25) is 5.91 Å². The Balaban J connectivity index is 2.57. The van der Waals surface area contributed by atoms with E-state index in [4.69, 9.17) is 11.3 Å². The number of carbonyl (C=O) groups excluding carboxylic acids is 1. The minimum Gasteiger partial charge on any atom is -0.368 e. The summed E-state index contributed by atoms with van der Waals surface area (Å²) in [5.74, 6) is -0.430. The zero-order chi connectivity index (χ0) is 13.4. The number of azide groups is 1. The summed E-state index contributed by atoms with van der Waals surface area (Å²) < 4.78 is 0.942. The van der Waals surface area contributed by atoms with Gasteiger partial charge in [-0.15, -0.1) is 0 Å². The molecule has 0 radical (unpaired) electrons. The molecule has 0 saturated heterocycles. The van der Waals surface area contributed by atoms with Crippen molar-refractivity contribution in [1.29, 1.82) is 0 Å². The quantitative estimate of drug-likeness (QED) is 0.349. The SMILES string of the molecule is [N-]=[N+]=NCCCNC(C(N)=O)c1ccc(Br)cc1. The van der Waals surface area contributed by atoms with Gasteiger partial charge in [-0.05, 0) is 36.2 Å². The first kappa shape index (κ1) is 14.5. The van der Waals surface area contributed by atoms with Gasteiger partial charge in [0.1, 0.15) is 6.04 Å². The molecule has 0 saturated carbocycles. The number of halogens is 1. The average Bonchev–Trinajstić information content (AvgIpc) is 2.35. The molecule has 0 spiro atoms. The average molecular weight is 312 g/mol. The van der Waals surface area contributed by atoms with Crippen molar-refractivity contribution >= 4 is 21.8 Å². The van der Waals surface area contributed by atoms with E-state index in [0.717, 1.165) is 10.0 Å². The summed E-state index contributed by atoms with van der Waals surface area (Å²) in [6.07, 6.45) is 0.657. The van der Waals surface area contributed by atoms with Crippen LogP contribution in [-0.2, 0) is 4.79 Å². The Morgan fingerprint density at radius 1 is 1.50 bits per heavy atom. The fourth-order valence-corrected chi connectivity index (χ4v) is 1.74. The Kier molecular flexibility index (Phi) is 6.21. The van der Waals surface area contributed by atoms with E-state index < -0.39 is 11.9 Å². The summed E-state index contributed by atoms with van der Waals surface area (Å²) in [5.41, 5.74) is 14.3. The van der Waals surface area contributed by atoms with Crippen LogP contribution >= 0.6 is 15.9 Å². The molecule has 1 rings (SSSR count). The smallest absolute Gasteiger partial charge is 0.239 e. The predicted molar refractivity (Wildman–Crippen MR) is 72.7 cm³/mol. The predicted octanol–water partition coefficient (Wildman–Crippen LogP) is 2.27. The molecule has 1 aromatic rings. The molecular formula is C11H14BrN5O. The highest BCUT2D eigenvalue weighted by Crippen LogP contribution is 2.16. The third kappa shape index (κ3) is 4.75. The molecule has 0 aliphatic rings. The molecule has 1 atom stereocenters. The zero-order valence-corrected chi connectivity index (χ0v) is 11.3. The van der Waals surface area contributed by atoms with Gasteiger partial charge in [-0.25, -0.2) is 0 Å². The third-order valence-electron chi connectivity index (χ3n) is 2.33. The number of amides is 1. The minimum atomic E-state index is -0.524. The van der Waals surface area contributed by atoms with Crippen LogP contribution in [0.2, 0.25) is 0 Å². The van der Waals surface area contributed by atoms with Crippen molar-refractivity contribution in [3.63, 3.8) is 0 Å². The van der Waals surface area contributed by atoms with E-state index in [1.165, 1.54) is 0 Å². The lowest BCUT2D eigenvalue weighted by molar-refractivity contribution is -0.120. The fourth-order valence-electron chi connectivity index (χ4n) is 1.48. The van der Waals surface area contributed by atoms with Crippen LogP contribution in [0.15, 0.2) is 33.9 Å². The first-order valence-electron chi connectivity index (χ1n) is 5.44. The summed E-state index contributed by atoms with van der Waals surface area (Å²) in [7, 11) is 0. The number of hydrogen-bond acceptors (Lipinski definition) is 3. The van der Waals surface area contributed by atoms with Gasteiger partial charge in [-0.1, -0.05) is 33.2 Å². The number of nitrogens with zero attached hydrogens (tertiary/aromatic N) is 3. The Labute approximate surface area is 113 Å². The first-order chi connectivity index (χ1) is 8.65. The first-order valence-corrected chi connectivity index (χ1v) is 6.23. The normalized spacial score (nSPS) is 11.6. The zero-order valence-electron chi connectivity index (χ0n) is 9.71. The number of nitrogens with one attached hydrogen (secondary N) is 1. The van der Waals surface area contributed by atoms with Crippen molar-refractivity contribution in [1.82, 2.24) is 5.32 Å². The van der Waals surface area contributed by atoms with Gasteiger partial charge in [-0.2, -0.15) is 0 Å². The highest BCUT2D eigenvalue weighted by Gasteiger charge is 2.16. The lowest BCUT2D eigenvalue weighted by Crippen LogP contribution is -2.34. The van der Waals surface area contributed by atoms with E-state index in [2.05, 4.69) is 31.3 Å². The lowest BCUT2D eigenvalue weighted by atomic mass is 10.1. The van der Waals surface area contributed by atoms with Gasteiger partial charge < -0.3 is 11.1 Å². The van der Waals surface area contributed by atoms with E-state index >= 15 is 0 Å². The number of carbonyl (C=O) groups is 1. The van der Waals surface area contributed by atoms with Crippen LogP contribution in [0, 0.1) is 0 Å². The molecule has 7 heteroatoms. The highest BCUT2D eigenvalue weighted by molar-refractivity contribution is 9.10. The maximum Gasteiger partial charge on any atom is 0.239 e. The fraction of sp³-hybridized carbons (Fsp3) is 0.364. The van der Waals surface area contributed by atoms with Gasteiger partial charge in [0.25, 0.3) is 0 Å². The summed E-state index contributed by atoms with van der Waals surface area (Å²) >= 11 is 3.33. The number of rotatable bonds is 7. The van der Waals surface area contributed by atoms with Crippen LogP contribution in [-0.4, -0.2) is 19.0 Å². The molecule has 0 aliphatic heterocycles. The van der Waals surface area contributed by atoms with E-state index in [-0.39, 0.29) is 0 Å². The van der Waals surface area contributed by atoms with Gasteiger partial charge >= 0.3 is 0 Å². The van der Waals surface area contributed by atoms with E-state index in [1.54, 1.807) is 0 Å². The molecular weight excluding hydrogens is 298 g/mol. The van der Waals surface area contributed by atoms with E-state index in [1.807, 2.05) is 24.3 Å². The van der Waals surface area contributed by atoms with Crippen LogP contribution in [0.25, 0.3) is 10.4 Å². The van der Waals surface area contributed by atoms with Crippen LogP contribution < -0.4 is 11.1 Å². The standard InChI is InChI=1S/C11H14BrN5O/c12-9-4-2-8(3-5-9)10(11(13)18)15-6-1-7-16-17-14/h2-5,10,15H,1,6-7H2,(H2,13,18). The Bertz CT molecular complexity index is 441. The number of nitrogens with two attached hydrogens (primary N) is 1. The topological polar surface area (TPSA) is 104 Å². The van der Waals surface area contributed by atoms with Crippen LogP contribution in [0.5, 0.6) is 0 Å². The summed E-state index contributed by atoms with van der Waals surface area (Å²) in [4.78, 5) is 14.0. The molecule has 0 fully saturated rings. The van der Waals surface area contributed by atoms with Gasteiger partial charge in [-0.3, -0.25) is 4.79 Å². The van der Waals surface area contributed by atoms with Crippen LogP contribution in [0.4, 0.5) is 0 Å². The van der Waals surface area contributed by atoms with Crippen molar-refractivity contribution in [3.05, 3.63) is 44.7 Å². The van der Waals surface area contributed by atoms with Crippen molar-refractivity contribution in [3.8, 4) is 0 Å². The van der Waals surface area contributed by atoms with Crippen molar-refractivity contribution in [2.45, 2.75) is 12.5 Å². The molecule has 0 bridgehead atoms. The largest absolute Gasteiger partial charge is 0.368 e. The molecule has 0 aromatic heterocycles. The second kappa shape index (κ2) is 7.71. The van der Waals surface area contributed by atoms with E-state index in [9.17, 15) is 4.79 Å². The summed E-state index contributed by atoms with van der Waals surface area (Å²) in [6, 6.07) is 6.85. The van der Waals surface area contributed by atoms with E-state index in [0.29, 0.717) is 19.5 Å². The second-order valence-corrected chi connectivity index (χ2v) is 4.56. The monoisotopic (exact) mass is 311 g/mol. The third-order valence-corrected chi connectivity index (χ3v) is 2.86. The van der Waals surface area contributed by atoms with Gasteiger partial charge in [0.15, 0.2) is 0 Å². The molecule has 96 valence electrons. The molecule has 3 N–H and O–H groups in total. The maximum atomic E-state index is 11.4. The molecule has 1 aromatic carbocycles. The van der Waals surface area contributed by atoms with Gasteiger partial charge in [0.05, 0.1) is 0 Å². The van der Waals surface area contributed by atoms with Crippen LogP contribution in [0.3, 0.4) is 0 Å². The molecule has 18 heavy (non-hydrogen) atoms. The summed E-state index contributed by atoms with van der Waals surface area (Å²) in [5, 5.41) is 6.46. The second-order valence-electron chi connectivity index (χ2n) is 3.65. The Hall–Kier alpha value is -1.56. The molecule has 0 aliphatic carbocycles. The number of primary amides is 1. The minimum absolute atomic E-state index is 0.398. The number of benzene rings is 1. The number of hydrogen-bond donors (Lipinski definition) is 2. The van der Waals surface area contributed by atoms with Gasteiger partial charge in [0, 0.05) is 15.9 Å². The Morgan fingerprint density at radius 2 is 2.17 bits per heavy atom. The van der Waals surface area contributed by atoms with Crippen molar-refractivity contribution in [2.24, 2.45) is 10.8 Å². The molecule has 6 nitrogen and oxygen atoms in total. The molecule has 1 unspecified atom stereocenters. The molecule has 1 amide bonds. The maximum absolute atomic E-state index is 11.4.